The summed E-state index contributed by atoms with van der Waals surface area (Å²) in [6.45, 7) is 4.57. The molecule has 3 nitrogen and oxygen atoms in total. The molecule has 0 unspecified atom stereocenters. The van der Waals surface area contributed by atoms with Gasteiger partial charge in [0.25, 0.3) is 0 Å². The number of aromatic nitrogens is 1. The van der Waals surface area contributed by atoms with Gasteiger partial charge < -0.3 is 9.72 Å². The van der Waals surface area contributed by atoms with Crippen LogP contribution in [0.2, 0.25) is 0 Å². The number of nitrogens with zero attached hydrogens (tertiary/aromatic N) is 1. The second-order valence-electron chi connectivity index (χ2n) is 5.17. The van der Waals surface area contributed by atoms with Gasteiger partial charge in [0, 0.05) is 17.1 Å². The minimum atomic E-state index is -0.256. The van der Waals surface area contributed by atoms with Crippen molar-refractivity contribution in [2.75, 3.05) is 6.61 Å². The van der Waals surface area contributed by atoms with E-state index >= 15 is 0 Å². The van der Waals surface area contributed by atoms with Crippen LogP contribution in [-0.4, -0.2) is 11.6 Å². The summed E-state index contributed by atoms with van der Waals surface area (Å²) >= 11 is 0. The minimum absolute atomic E-state index is 0.256. The van der Waals surface area contributed by atoms with Crippen molar-refractivity contribution in [3.8, 4) is 11.8 Å². The predicted molar refractivity (Wildman–Crippen MR) is 72.4 cm³/mol. The third-order valence-electron chi connectivity index (χ3n) is 3.04. The zero-order valence-electron chi connectivity index (χ0n) is 10.9. The number of hydrogen-bond donors (Lipinski definition) is 1. The summed E-state index contributed by atoms with van der Waals surface area (Å²) in [5.74, 6) is 0.886. The number of benzene rings is 1. The maximum Gasteiger partial charge on any atom is 0.120 e. The van der Waals surface area contributed by atoms with Crippen LogP contribution in [0.5, 0.6) is 5.75 Å². The summed E-state index contributed by atoms with van der Waals surface area (Å²) in [4.78, 5) is 3.15. The zero-order chi connectivity index (χ0) is 13.0. The highest BCUT2D eigenvalue weighted by molar-refractivity contribution is 5.80. The van der Waals surface area contributed by atoms with Crippen molar-refractivity contribution in [1.29, 1.82) is 5.26 Å². The molecule has 0 radical (unpaired) electrons. The Morgan fingerprint density at radius 1 is 1.33 bits per heavy atom. The fraction of sp³-hybridized carbons (Fsp3) is 0.400. The molecule has 0 amide bonds. The van der Waals surface area contributed by atoms with Crippen molar-refractivity contribution < 1.29 is 4.74 Å². The fourth-order valence-corrected chi connectivity index (χ4v) is 1.88. The first-order valence-corrected chi connectivity index (χ1v) is 6.22. The van der Waals surface area contributed by atoms with E-state index in [1.165, 1.54) is 0 Å². The van der Waals surface area contributed by atoms with E-state index in [0.29, 0.717) is 6.61 Å². The lowest BCUT2D eigenvalue weighted by molar-refractivity contribution is 0.284. The van der Waals surface area contributed by atoms with Gasteiger partial charge in [-0.1, -0.05) is 0 Å². The van der Waals surface area contributed by atoms with Gasteiger partial charge in [0.1, 0.15) is 5.75 Å². The van der Waals surface area contributed by atoms with Crippen molar-refractivity contribution in [3.05, 3.63) is 30.5 Å². The number of rotatable bonds is 5. The van der Waals surface area contributed by atoms with Gasteiger partial charge >= 0.3 is 0 Å². The molecule has 0 saturated heterocycles. The Morgan fingerprint density at radius 3 is 2.94 bits per heavy atom. The molecule has 0 aliphatic heterocycles. The van der Waals surface area contributed by atoms with Gasteiger partial charge in [-0.05, 0) is 51.0 Å². The number of H-pyrrole nitrogens is 1. The number of ether oxygens (including phenoxy) is 1. The van der Waals surface area contributed by atoms with E-state index in [1.54, 1.807) is 0 Å². The molecule has 0 bridgehead atoms. The van der Waals surface area contributed by atoms with Gasteiger partial charge in [-0.15, -0.1) is 0 Å². The zero-order valence-corrected chi connectivity index (χ0v) is 10.9. The molecule has 2 rings (SSSR count). The number of fused-ring (bicyclic) bond motifs is 1. The van der Waals surface area contributed by atoms with Gasteiger partial charge in [0.05, 0.1) is 18.1 Å². The Hall–Kier alpha value is -1.95. The average Bonchev–Trinajstić information content (AvgIpc) is 2.82. The Balaban J connectivity index is 1.85. The van der Waals surface area contributed by atoms with Crippen LogP contribution in [0.1, 0.15) is 26.7 Å². The molecule has 1 aromatic heterocycles. The summed E-state index contributed by atoms with van der Waals surface area (Å²) in [7, 11) is 0. The van der Waals surface area contributed by atoms with Gasteiger partial charge in [-0.2, -0.15) is 5.26 Å². The second kappa shape index (κ2) is 5.14. The van der Waals surface area contributed by atoms with E-state index in [0.717, 1.165) is 29.5 Å². The topological polar surface area (TPSA) is 48.8 Å². The first-order chi connectivity index (χ1) is 8.61. The van der Waals surface area contributed by atoms with E-state index in [-0.39, 0.29) is 5.41 Å². The average molecular weight is 242 g/mol. The highest BCUT2D eigenvalue weighted by atomic mass is 16.5. The van der Waals surface area contributed by atoms with E-state index in [2.05, 4.69) is 11.1 Å². The third-order valence-corrected chi connectivity index (χ3v) is 3.04. The summed E-state index contributed by atoms with van der Waals surface area (Å²) in [6, 6.07) is 10.3. The first kappa shape index (κ1) is 12.5. The normalized spacial score (nSPS) is 11.4. The standard InChI is InChI=1S/C15H18N2O/c1-15(2,11-16)7-3-9-18-13-4-5-14-12(10-13)6-8-17-14/h4-6,8,10,17H,3,7,9H2,1-2H3. The Labute approximate surface area is 107 Å². The molecule has 1 aromatic carbocycles. The highest BCUT2D eigenvalue weighted by Gasteiger charge is 2.15. The Kier molecular flexibility index (Phi) is 3.57. The van der Waals surface area contributed by atoms with Crippen LogP contribution in [0.3, 0.4) is 0 Å². The summed E-state index contributed by atoms with van der Waals surface area (Å²) < 4.78 is 5.70. The van der Waals surface area contributed by atoms with Crippen molar-refractivity contribution in [1.82, 2.24) is 4.98 Å². The van der Waals surface area contributed by atoms with Crippen LogP contribution >= 0.6 is 0 Å². The quantitative estimate of drug-likeness (QED) is 0.809. The summed E-state index contributed by atoms with van der Waals surface area (Å²) in [6.07, 6.45) is 3.67. The Morgan fingerprint density at radius 2 is 2.17 bits per heavy atom. The van der Waals surface area contributed by atoms with Crippen molar-refractivity contribution >= 4 is 10.9 Å². The van der Waals surface area contributed by atoms with Gasteiger partial charge in [0.2, 0.25) is 0 Å². The first-order valence-electron chi connectivity index (χ1n) is 6.22. The molecule has 1 N–H and O–H groups in total. The number of aromatic amines is 1. The maximum absolute atomic E-state index is 8.91. The van der Waals surface area contributed by atoms with Crippen LogP contribution in [-0.2, 0) is 0 Å². The largest absolute Gasteiger partial charge is 0.494 e. The molecule has 2 aromatic rings. The maximum atomic E-state index is 8.91. The SMILES string of the molecule is CC(C)(C#N)CCCOc1ccc2[nH]ccc2c1. The lowest BCUT2D eigenvalue weighted by Crippen LogP contribution is -2.10. The second-order valence-corrected chi connectivity index (χ2v) is 5.17. The molecule has 0 saturated carbocycles. The smallest absolute Gasteiger partial charge is 0.120 e. The molecule has 0 aliphatic carbocycles. The van der Waals surface area contributed by atoms with E-state index in [9.17, 15) is 0 Å². The van der Waals surface area contributed by atoms with Crippen LogP contribution in [0.4, 0.5) is 0 Å². The van der Waals surface area contributed by atoms with Crippen molar-refractivity contribution in [2.24, 2.45) is 5.41 Å². The van der Waals surface area contributed by atoms with E-state index < -0.39 is 0 Å². The van der Waals surface area contributed by atoms with Crippen LogP contribution < -0.4 is 4.74 Å². The lowest BCUT2D eigenvalue weighted by Gasteiger charge is -2.14. The van der Waals surface area contributed by atoms with Gasteiger partial charge in [-0.3, -0.25) is 0 Å². The third kappa shape index (κ3) is 3.04. The number of nitriles is 1. The molecule has 1 heterocycles. The molecular formula is C15H18N2O. The van der Waals surface area contributed by atoms with Crippen molar-refractivity contribution in [3.63, 3.8) is 0 Å². The van der Waals surface area contributed by atoms with E-state index in [4.69, 9.17) is 10.00 Å². The molecule has 18 heavy (non-hydrogen) atoms. The summed E-state index contributed by atoms with van der Waals surface area (Å²) in [5.41, 5.74) is 0.862. The Bertz CT molecular complexity index is 563. The van der Waals surface area contributed by atoms with Crippen LogP contribution in [0.25, 0.3) is 10.9 Å². The molecular weight excluding hydrogens is 224 g/mol. The highest BCUT2D eigenvalue weighted by Crippen LogP contribution is 2.22. The molecule has 0 aliphatic rings. The number of hydrogen-bond acceptors (Lipinski definition) is 2. The molecule has 0 fully saturated rings. The van der Waals surface area contributed by atoms with Crippen LogP contribution in [0, 0.1) is 16.7 Å². The molecule has 0 atom stereocenters. The fourth-order valence-electron chi connectivity index (χ4n) is 1.88. The van der Waals surface area contributed by atoms with Gasteiger partial charge in [0.15, 0.2) is 0 Å². The molecule has 0 spiro atoms. The van der Waals surface area contributed by atoms with Crippen LogP contribution in [0.15, 0.2) is 30.5 Å². The lowest BCUT2D eigenvalue weighted by atomic mass is 9.90. The molecule has 3 heteroatoms. The minimum Gasteiger partial charge on any atom is -0.494 e. The van der Waals surface area contributed by atoms with Crippen molar-refractivity contribution in [2.45, 2.75) is 26.7 Å². The number of nitrogens with one attached hydrogen (secondary N) is 1. The van der Waals surface area contributed by atoms with E-state index in [1.807, 2.05) is 44.3 Å². The monoisotopic (exact) mass is 242 g/mol. The summed E-state index contributed by atoms with van der Waals surface area (Å²) in [5, 5.41) is 10.1. The van der Waals surface area contributed by atoms with Gasteiger partial charge in [-0.25, -0.2) is 0 Å². The predicted octanol–water partition coefficient (Wildman–Crippen LogP) is 3.88. The molecule has 94 valence electrons.